The van der Waals surface area contributed by atoms with Gasteiger partial charge in [-0.1, -0.05) is 81.4 Å². The van der Waals surface area contributed by atoms with Crippen LogP contribution in [0.1, 0.15) is 20.8 Å². The molecule has 23 heavy (non-hydrogen) atoms. The molecule has 0 aliphatic rings. The maximum Gasteiger partial charge on any atom is 0.261 e. The lowest BCUT2D eigenvalue weighted by Crippen LogP contribution is -2.67. The van der Waals surface area contributed by atoms with E-state index < -0.39 is 8.32 Å². The summed E-state index contributed by atoms with van der Waals surface area (Å²) < 4.78 is 6.57. The van der Waals surface area contributed by atoms with Gasteiger partial charge in [-0.3, -0.25) is 0 Å². The molecule has 4 heteroatoms. The Morgan fingerprint density at radius 1 is 0.957 bits per heavy atom. The van der Waals surface area contributed by atoms with Crippen LogP contribution in [0.15, 0.2) is 60.7 Å². The SMILES string of the molecule is CC(C)(C)[Si](OC[C@@H](N)CO)(c1ccccc1)c1ccccc1. The third kappa shape index (κ3) is 3.72. The Kier molecular flexibility index (Phi) is 5.76. The Balaban J connectivity index is 2.60. The van der Waals surface area contributed by atoms with Gasteiger partial charge in [0.05, 0.1) is 13.2 Å². The topological polar surface area (TPSA) is 55.5 Å². The second-order valence-electron chi connectivity index (χ2n) is 6.92. The first-order valence-electron chi connectivity index (χ1n) is 8.03. The van der Waals surface area contributed by atoms with E-state index in [0.29, 0.717) is 6.61 Å². The van der Waals surface area contributed by atoms with Gasteiger partial charge in [0, 0.05) is 6.04 Å². The Labute approximate surface area is 140 Å². The van der Waals surface area contributed by atoms with Crippen molar-refractivity contribution in [2.45, 2.75) is 31.9 Å². The second kappa shape index (κ2) is 7.40. The van der Waals surface area contributed by atoms with E-state index in [1.165, 1.54) is 10.4 Å². The molecule has 0 unspecified atom stereocenters. The fraction of sp³-hybridized carbons (Fsp3) is 0.368. The summed E-state index contributed by atoms with van der Waals surface area (Å²) in [6.07, 6.45) is 0. The first-order valence-corrected chi connectivity index (χ1v) is 9.94. The van der Waals surface area contributed by atoms with Crippen molar-refractivity contribution in [3.05, 3.63) is 60.7 Å². The van der Waals surface area contributed by atoms with Crippen LogP contribution in [0.5, 0.6) is 0 Å². The van der Waals surface area contributed by atoms with Gasteiger partial charge in [0.25, 0.3) is 8.32 Å². The van der Waals surface area contributed by atoms with Gasteiger partial charge in [-0.2, -0.15) is 0 Å². The summed E-state index contributed by atoms with van der Waals surface area (Å²) in [7, 11) is -2.52. The van der Waals surface area contributed by atoms with Gasteiger partial charge in [-0.15, -0.1) is 0 Å². The van der Waals surface area contributed by atoms with E-state index in [0.717, 1.165) is 0 Å². The van der Waals surface area contributed by atoms with Crippen molar-refractivity contribution in [2.24, 2.45) is 5.73 Å². The molecule has 0 fully saturated rings. The van der Waals surface area contributed by atoms with Gasteiger partial charge in [0.2, 0.25) is 0 Å². The van der Waals surface area contributed by atoms with E-state index in [4.69, 9.17) is 10.2 Å². The van der Waals surface area contributed by atoms with E-state index in [1.54, 1.807) is 0 Å². The molecule has 0 aromatic heterocycles. The van der Waals surface area contributed by atoms with Crippen LogP contribution in [0.3, 0.4) is 0 Å². The minimum Gasteiger partial charge on any atom is -0.406 e. The van der Waals surface area contributed by atoms with Gasteiger partial charge in [0.15, 0.2) is 0 Å². The molecule has 0 heterocycles. The minimum absolute atomic E-state index is 0.0646. The zero-order chi connectivity index (χ0) is 16.9. The van der Waals surface area contributed by atoms with Crippen molar-refractivity contribution in [3.63, 3.8) is 0 Å². The monoisotopic (exact) mass is 329 g/mol. The molecule has 0 amide bonds. The minimum atomic E-state index is -2.52. The molecule has 1 atom stereocenters. The highest BCUT2D eigenvalue weighted by molar-refractivity contribution is 6.99. The lowest BCUT2D eigenvalue weighted by molar-refractivity contribution is 0.200. The van der Waals surface area contributed by atoms with Crippen molar-refractivity contribution in [3.8, 4) is 0 Å². The normalized spacial score (nSPS) is 13.8. The molecule has 3 nitrogen and oxygen atoms in total. The van der Waals surface area contributed by atoms with Crippen LogP contribution in [0.25, 0.3) is 0 Å². The molecule has 0 aliphatic heterocycles. The molecule has 2 rings (SSSR count). The predicted molar refractivity (Wildman–Crippen MR) is 98.6 cm³/mol. The number of benzene rings is 2. The van der Waals surface area contributed by atoms with Crippen LogP contribution in [0.4, 0.5) is 0 Å². The number of nitrogens with two attached hydrogens (primary N) is 1. The average molecular weight is 330 g/mol. The Morgan fingerprint density at radius 3 is 1.74 bits per heavy atom. The van der Waals surface area contributed by atoms with Crippen LogP contribution in [0, 0.1) is 0 Å². The van der Waals surface area contributed by atoms with Gasteiger partial charge in [0.1, 0.15) is 0 Å². The van der Waals surface area contributed by atoms with E-state index >= 15 is 0 Å². The second-order valence-corrected chi connectivity index (χ2v) is 11.2. The molecule has 0 saturated heterocycles. The standard InChI is InChI=1S/C19H27NO2Si/c1-19(2,3)23(22-15-16(20)14-21,17-10-6-4-7-11-17)18-12-8-5-9-13-18/h4-13,16,21H,14-15,20H2,1-3H3/t16-/m0/s1. The highest BCUT2D eigenvalue weighted by Crippen LogP contribution is 2.36. The van der Waals surface area contributed by atoms with E-state index in [1.807, 2.05) is 12.1 Å². The summed E-state index contributed by atoms with van der Waals surface area (Å²) >= 11 is 0. The number of hydrogen-bond acceptors (Lipinski definition) is 3. The zero-order valence-corrected chi connectivity index (χ0v) is 15.2. The van der Waals surface area contributed by atoms with Crippen LogP contribution in [-0.4, -0.2) is 32.7 Å². The van der Waals surface area contributed by atoms with Crippen molar-refractivity contribution in [2.75, 3.05) is 13.2 Å². The molecule has 0 bridgehead atoms. The summed E-state index contributed by atoms with van der Waals surface area (Å²) in [5.41, 5.74) is 5.93. The van der Waals surface area contributed by atoms with Crippen LogP contribution in [0.2, 0.25) is 5.04 Å². The van der Waals surface area contributed by atoms with Gasteiger partial charge >= 0.3 is 0 Å². The molecular weight excluding hydrogens is 302 g/mol. The molecule has 0 spiro atoms. The zero-order valence-electron chi connectivity index (χ0n) is 14.2. The Bertz CT molecular complexity index is 556. The quantitative estimate of drug-likeness (QED) is 0.796. The highest BCUT2D eigenvalue weighted by atomic mass is 28.4. The third-order valence-electron chi connectivity index (χ3n) is 4.17. The van der Waals surface area contributed by atoms with E-state index in [-0.39, 0.29) is 17.7 Å². The summed E-state index contributed by atoms with van der Waals surface area (Å²) in [5.74, 6) is 0. The number of hydrogen-bond donors (Lipinski definition) is 2. The lowest BCUT2D eigenvalue weighted by Gasteiger charge is -2.43. The highest BCUT2D eigenvalue weighted by Gasteiger charge is 2.50. The summed E-state index contributed by atoms with van der Waals surface area (Å²) in [6.45, 7) is 6.96. The molecule has 3 N–H and O–H groups in total. The maximum absolute atomic E-state index is 9.29. The summed E-state index contributed by atoms with van der Waals surface area (Å²) in [5, 5.41) is 11.7. The van der Waals surface area contributed by atoms with Crippen molar-refractivity contribution < 1.29 is 9.53 Å². The van der Waals surface area contributed by atoms with Gasteiger partial charge < -0.3 is 15.3 Å². The smallest absolute Gasteiger partial charge is 0.261 e. The molecule has 2 aromatic rings. The number of rotatable bonds is 6. The molecule has 124 valence electrons. The number of aliphatic hydroxyl groups excluding tert-OH is 1. The summed E-state index contributed by atoms with van der Waals surface area (Å²) in [4.78, 5) is 0. The molecule has 0 radical (unpaired) electrons. The Hall–Kier alpha value is -1.46. The van der Waals surface area contributed by atoms with Crippen LogP contribution in [-0.2, 0) is 4.43 Å². The van der Waals surface area contributed by atoms with Gasteiger partial charge in [-0.05, 0) is 15.4 Å². The van der Waals surface area contributed by atoms with Crippen LogP contribution < -0.4 is 16.1 Å². The molecule has 2 aromatic carbocycles. The average Bonchev–Trinajstić information content (AvgIpc) is 2.56. The van der Waals surface area contributed by atoms with Gasteiger partial charge in [-0.25, -0.2) is 0 Å². The van der Waals surface area contributed by atoms with E-state index in [2.05, 4.69) is 69.3 Å². The maximum atomic E-state index is 9.29. The number of aliphatic hydroxyl groups is 1. The molecular formula is C19H27NO2Si. The fourth-order valence-corrected chi connectivity index (χ4v) is 7.67. The van der Waals surface area contributed by atoms with Crippen molar-refractivity contribution in [1.82, 2.24) is 0 Å². The van der Waals surface area contributed by atoms with Crippen molar-refractivity contribution in [1.29, 1.82) is 0 Å². The third-order valence-corrected chi connectivity index (χ3v) is 9.17. The molecule has 0 aliphatic carbocycles. The van der Waals surface area contributed by atoms with Crippen molar-refractivity contribution >= 4 is 18.7 Å². The fourth-order valence-electron chi connectivity index (χ4n) is 3.05. The predicted octanol–water partition coefficient (Wildman–Crippen LogP) is 1.88. The van der Waals surface area contributed by atoms with Crippen LogP contribution >= 0.6 is 0 Å². The largest absolute Gasteiger partial charge is 0.406 e. The summed E-state index contributed by atoms with van der Waals surface area (Å²) in [6, 6.07) is 20.5. The first-order chi connectivity index (χ1) is 10.9. The Morgan fingerprint density at radius 2 is 1.39 bits per heavy atom. The molecule has 0 saturated carbocycles. The lowest BCUT2D eigenvalue weighted by atomic mass is 10.2. The van der Waals surface area contributed by atoms with E-state index in [9.17, 15) is 5.11 Å². The first kappa shape index (κ1) is 17.9.